The highest BCUT2D eigenvalue weighted by atomic mass is 32.1. The van der Waals surface area contributed by atoms with Crippen LogP contribution < -0.4 is 4.74 Å². The van der Waals surface area contributed by atoms with Crippen molar-refractivity contribution >= 4 is 17.2 Å². The Hall–Kier alpha value is -1.99. The summed E-state index contributed by atoms with van der Waals surface area (Å²) in [5.74, 6) is 0.153. The molecular weight excluding hydrogens is 377 g/mol. The zero-order chi connectivity index (χ0) is 20.1. The van der Waals surface area contributed by atoms with Crippen molar-refractivity contribution in [2.24, 2.45) is 0 Å². The zero-order valence-corrected chi connectivity index (χ0v) is 17.6. The van der Waals surface area contributed by atoms with Gasteiger partial charge in [-0.2, -0.15) is 0 Å². The summed E-state index contributed by atoms with van der Waals surface area (Å²) in [6, 6.07) is 5.72. The second kappa shape index (κ2) is 9.01. The molecule has 1 aliphatic rings. The Bertz CT molecular complexity index is 786. The molecule has 7 heteroatoms. The molecule has 0 N–H and O–H groups in total. The average Bonchev–Trinajstić information content (AvgIpc) is 3.00. The van der Waals surface area contributed by atoms with E-state index in [1.54, 1.807) is 11.3 Å². The fourth-order valence-corrected chi connectivity index (χ4v) is 4.00. The Morgan fingerprint density at radius 3 is 2.61 bits per heavy atom. The predicted molar refractivity (Wildman–Crippen MR) is 109 cm³/mol. The molecule has 28 heavy (non-hydrogen) atoms. The number of hydrogen-bond acceptors (Lipinski definition) is 5. The Morgan fingerprint density at radius 2 is 1.93 bits per heavy atom. The molecule has 5 nitrogen and oxygen atoms in total. The first-order chi connectivity index (χ1) is 13.3. The van der Waals surface area contributed by atoms with Crippen molar-refractivity contribution in [3.05, 3.63) is 46.2 Å². The third kappa shape index (κ3) is 5.75. The van der Waals surface area contributed by atoms with E-state index < -0.39 is 0 Å². The van der Waals surface area contributed by atoms with Crippen molar-refractivity contribution in [2.45, 2.75) is 39.2 Å². The van der Waals surface area contributed by atoms with Gasteiger partial charge in [-0.05, 0) is 30.7 Å². The smallest absolute Gasteiger partial charge is 0.260 e. The minimum absolute atomic E-state index is 0.0212. The van der Waals surface area contributed by atoms with Crippen LogP contribution in [0.4, 0.5) is 4.39 Å². The molecule has 2 heterocycles. The van der Waals surface area contributed by atoms with Gasteiger partial charge < -0.3 is 9.64 Å². The monoisotopic (exact) mass is 405 g/mol. The van der Waals surface area contributed by atoms with Gasteiger partial charge in [0, 0.05) is 43.5 Å². The van der Waals surface area contributed by atoms with E-state index in [1.807, 2.05) is 4.90 Å². The van der Waals surface area contributed by atoms with Crippen molar-refractivity contribution in [3.8, 4) is 5.75 Å². The highest BCUT2D eigenvalue weighted by Gasteiger charge is 2.22. The van der Waals surface area contributed by atoms with E-state index in [9.17, 15) is 9.18 Å². The maximum absolute atomic E-state index is 12.9. The molecule has 1 aromatic heterocycles. The number of amides is 1. The first-order valence-electron chi connectivity index (χ1n) is 9.64. The number of benzene rings is 1. The highest BCUT2D eigenvalue weighted by molar-refractivity contribution is 7.09. The first-order valence-corrected chi connectivity index (χ1v) is 10.5. The quantitative estimate of drug-likeness (QED) is 0.761. The molecular formula is C21H28FN3O2S. The minimum Gasteiger partial charge on any atom is -0.484 e. The van der Waals surface area contributed by atoms with Gasteiger partial charge in [-0.3, -0.25) is 9.69 Å². The Morgan fingerprint density at radius 1 is 1.18 bits per heavy atom. The van der Waals surface area contributed by atoms with E-state index in [0.717, 1.165) is 43.3 Å². The summed E-state index contributed by atoms with van der Waals surface area (Å²) >= 11 is 1.72. The van der Waals surface area contributed by atoms with Crippen molar-refractivity contribution in [2.75, 3.05) is 32.8 Å². The number of carbonyl (C=O) groups excluding carboxylic acids is 1. The third-order valence-corrected chi connectivity index (χ3v) is 6.01. The summed E-state index contributed by atoms with van der Waals surface area (Å²) in [5.41, 5.74) is 1.18. The highest BCUT2D eigenvalue weighted by Crippen LogP contribution is 2.26. The van der Waals surface area contributed by atoms with Crippen LogP contribution in [-0.2, 0) is 16.8 Å². The van der Waals surface area contributed by atoms with Crippen LogP contribution in [0.5, 0.6) is 5.75 Å². The normalized spacial score (nSPS) is 16.1. The Balaban J connectivity index is 1.48. The second-order valence-corrected chi connectivity index (χ2v) is 9.01. The van der Waals surface area contributed by atoms with E-state index in [-0.39, 0.29) is 23.7 Å². The molecule has 152 valence electrons. The molecule has 0 radical (unpaired) electrons. The van der Waals surface area contributed by atoms with Gasteiger partial charge >= 0.3 is 0 Å². The predicted octanol–water partition coefficient (Wildman–Crippen LogP) is 3.69. The van der Waals surface area contributed by atoms with E-state index >= 15 is 0 Å². The summed E-state index contributed by atoms with van der Waals surface area (Å²) in [4.78, 5) is 21.5. The number of rotatable bonds is 5. The molecule has 2 aromatic rings. The van der Waals surface area contributed by atoms with Crippen LogP contribution in [0.2, 0.25) is 0 Å². The molecule has 0 atom stereocenters. The molecule has 0 aliphatic carbocycles. The molecule has 1 saturated heterocycles. The van der Waals surface area contributed by atoms with Crippen molar-refractivity contribution in [3.63, 3.8) is 0 Å². The molecule has 1 aliphatic heterocycles. The van der Waals surface area contributed by atoms with Gasteiger partial charge in [-0.15, -0.1) is 11.3 Å². The molecule has 3 rings (SSSR count). The van der Waals surface area contributed by atoms with Gasteiger partial charge in [0.2, 0.25) is 0 Å². The lowest BCUT2D eigenvalue weighted by atomic mass is 9.98. The topological polar surface area (TPSA) is 45.7 Å². The lowest BCUT2D eigenvalue weighted by molar-refractivity contribution is -0.133. The first kappa shape index (κ1) is 20.7. The maximum Gasteiger partial charge on any atom is 0.260 e. The average molecular weight is 406 g/mol. The summed E-state index contributed by atoms with van der Waals surface area (Å²) in [6.45, 7) is 10.5. The zero-order valence-electron chi connectivity index (χ0n) is 16.8. The van der Waals surface area contributed by atoms with Crippen LogP contribution >= 0.6 is 11.3 Å². The number of hydrogen-bond donors (Lipinski definition) is 0. The van der Waals surface area contributed by atoms with E-state index in [2.05, 4.69) is 31.1 Å². The van der Waals surface area contributed by atoms with Crippen LogP contribution in [0.1, 0.15) is 37.9 Å². The van der Waals surface area contributed by atoms with Gasteiger partial charge in [0.1, 0.15) is 11.6 Å². The van der Waals surface area contributed by atoms with Gasteiger partial charge in [-0.25, -0.2) is 9.37 Å². The summed E-state index contributed by atoms with van der Waals surface area (Å²) in [7, 11) is 0. The largest absolute Gasteiger partial charge is 0.484 e. The summed E-state index contributed by atoms with van der Waals surface area (Å²) in [5, 5.41) is 3.30. The lowest BCUT2D eigenvalue weighted by Gasteiger charge is -2.21. The molecule has 1 aromatic carbocycles. The molecule has 0 bridgehead atoms. The standard InChI is InChI=1S/C21H28FN3O2S/c1-21(2,3)20-23-17(15-28-20)13-24-9-4-10-25(12-11-24)19(26)14-27-18-7-5-16(22)6-8-18/h5-8,15H,4,9-14H2,1-3H3. The Kier molecular flexibility index (Phi) is 6.67. The van der Waals surface area contributed by atoms with Gasteiger partial charge in [-0.1, -0.05) is 20.8 Å². The molecule has 1 amide bonds. The summed E-state index contributed by atoms with van der Waals surface area (Å²) < 4.78 is 18.4. The molecule has 0 unspecified atom stereocenters. The SMILES string of the molecule is CC(C)(C)c1nc(CN2CCCN(C(=O)COc3ccc(F)cc3)CC2)cs1. The lowest BCUT2D eigenvalue weighted by Crippen LogP contribution is -2.38. The second-order valence-electron chi connectivity index (χ2n) is 8.15. The van der Waals surface area contributed by atoms with Crippen LogP contribution in [-0.4, -0.2) is 53.5 Å². The maximum atomic E-state index is 12.9. The Labute approximate surface area is 170 Å². The van der Waals surface area contributed by atoms with Crippen LogP contribution in [0, 0.1) is 5.82 Å². The number of thiazole rings is 1. The summed E-state index contributed by atoms with van der Waals surface area (Å²) in [6.07, 6.45) is 0.929. The number of ether oxygens (including phenoxy) is 1. The fraction of sp³-hybridized carbons (Fsp3) is 0.524. The molecule has 0 spiro atoms. The number of carbonyl (C=O) groups is 1. The van der Waals surface area contributed by atoms with E-state index in [0.29, 0.717) is 12.3 Å². The third-order valence-electron chi connectivity index (χ3n) is 4.70. The molecule has 0 saturated carbocycles. The van der Waals surface area contributed by atoms with E-state index in [1.165, 1.54) is 24.3 Å². The number of nitrogens with zero attached hydrogens (tertiary/aromatic N) is 3. The molecule has 1 fully saturated rings. The van der Waals surface area contributed by atoms with Crippen LogP contribution in [0.15, 0.2) is 29.6 Å². The van der Waals surface area contributed by atoms with Crippen LogP contribution in [0.25, 0.3) is 0 Å². The van der Waals surface area contributed by atoms with Crippen molar-refractivity contribution in [1.82, 2.24) is 14.8 Å². The fourth-order valence-electron chi connectivity index (χ4n) is 3.10. The van der Waals surface area contributed by atoms with Gasteiger partial charge in [0.05, 0.1) is 10.7 Å². The van der Waals surface area contributed by atoms with Gasteiger partial charge in [0.15, 0.2) is 6.61 Å². The van der Waals surface area contributed by atoms with Crippen molar-refractivity contribution in [1.29, 1.82) is 0 Å². The number of aromatic nitrogens is 1. The van der Waals surface area contributed by atoms with Crippen molar-refractivity contribution < 1.29 is 13.9 Å². The number of halogens is 1. The van der Waals surface area contributed by atoms with Crippen LogP contribution in [0.3, 0.4) is 0 Å². The minimum atomic E-state index is -0.319. The van der Waals surface area contributed by atoms with E-state index in [4.69, 9.17) is 9.72 Å². The van der Waals surface area contributed by atoms with Gasteiger partial charge in [0.25, 0.3) is 5.91 Å².